The fourth-order valence-corrected chi connectivity index (χ4v) is 1.27. The maximum atomic E-state index is 11.2. The first-order valence-corrected chi connectivity index (χ1v) is 5.62. The number of hydrogen-bond acceptors (Lipinski definition) is 6. The van der Waals surface area contributed by atoms with Crippen LogP contribution in [0.15, 0.2) is 60.7 Å². The minimum absolute atomic E-state index is 0.262. The Kier molecular flexibility index (Phi) is 4.55. The third-order valence-electron chi connectivity index (χ3n) is 2.07. The molecule has 102 valence electrons. The van der Waals surface area contributed by atoms with Gasteiger partial charge in [0.25, 0.3) is 0 Å². The zero-order chi connectivity index (χ0) is 14.2. The monoisotopic (exact) mass is 274 g/mol. The van der Waals surface area contributed by atoms with Gasteiger partial charge in [-0.1, -0.05) is 36.4 Å². The standard InChI is InChI=1S/C14H10O6/c15-13(17-11-7-3-1-4-8-11)19-20-14(16)18-12-9-5-2-6-10-12/h1-10H. The zero-order valence-corrected chi connectivity index (χ0v) is 10.2. The van der Waals surface area contributed by atoms with Crippen LogP contribution in [-0.4, -0.2) is 12.3 Å². The van der Waals surface area contributed by atoms with Crippen LogP contribution in [-0.2, 0) is 9.78 Å². The molecule has 0 aliphatic carbocycles. The van der Waals surface area contributed by atoms with Gasteiger partial charge in [0.1, 0.15) is 11.5 Å². The normalized spacial score (nSPS) is 9.40. The van der Waals surface area contributed by atoms with Crippen molar-refractivity contribution < 1.29 is 28.8 Å². The van der Waals surface area contributed by atoms with Gasteiger partial charge in [0, 0.05) is 0 Å². The van der Waals surface area contributed by atoms with Crippen LogP contribution in [0.4, 0.5) is 9.59 Å². The first-order chi connectivity index (χ1) is 9.74. The molecule has 0 N–H and O–H groups in total. The van der Waals surface area contributed by atoms with Crippen LogP contribution in [0.5, 0.6) is 11.5 Å². The van der Waals surface area contributed by atoms with Crippen LogP contribution in [0.25, 0.3) is 0 Å². The van der Waals surface area contributed by atoms with Crippen molar-refractivity contribution in [1.82, 2.24) is 0 Å². The Hall–Kier alpha value is -3.02. The van der Waals surface area contributed by atoms with Gasteiger partial charge in [-0.15, -0.1) is 0 Å². The summed E-state index contributed by atoms with van der Waals surface area (Å²) in [7, 11) is 0. The van der Waals surface area contributed by atoms with Crippen molar-refractivity contribution in [3.63, 3.8) is 0 Å². The molecule has 0 radical (unpaired) electrons. The van der Waals surface area contributed by atoms with E-state index >= 15 is 0 Å². The number of para-hydroxylation sites is 2. The molecule has 0 aliphatic heterocycles. The summed E-state index contributed by atoms with van der Waals surface area (Å²) < 4.78 is 9.44. The minimum Gasteiger partial charge on any atom is -0.392 e. The van der Waals surface area contributed by atoms with E-state index in [1.165, 1.54) is 0 Å². The highest BCUT2D eigenvalue weighted by Gasteiger charge is 2.13. The molecular formula is C14H10O6. The number of hydrogen-bond donors (Lipinski definition) is 0. The van der Waals surface area contributed by atoms with Crippen molar-refractivity contribution >= 4 is 12.3 Å². The van der Waals surface area contributed by atoms with Crippen LogP contribution < -0.4 is 9.47 Å². The fourth-order valence-electron chi connectivity index (χ4n) is 1.27. The first-order valence-electron chi connectivity index (χ1n) is 5.62. The van der Waals surface area contributed by atoms with E-state index in [0.717, 1.165) is 0 Å². The summed E-state index contributed by atoms with van der Waals surface area (Å²) in [6.07, 6.45) is -2.36. The Bertz CT molecular complexity index is 513. The largest absolute Gasteiger partial charge is 0.555 e. The number of rotatable bonds is 2. The SMILES string of the molecule is O=C(OOC(=O)Oc1ccccc1)Oc1ccccc1. The Balaban J connectivity index is 1.75. The van der Waals surface area contributed by atoms with E-state index in [9.17, 15) is 9.59 Å². The molecule has 0 aliphatic rings. The van der Waals surface area contributed by atoms with Gasteiger partial charge in [-0.05, 0) is 24.3 Å². The van der Waals surface area contributed by atoms with Gasteiger partial charge in [-0.3, -0.25) is 0 Å². The van der Waals surface area contributed by atoms with Gasteiger partial charge < -0.3 is 9.47 Å². The molecule has 0 saturated heterocycles. The van der Waals surface area contributed by atoms with E-state index in [-0.39, 0.29) is 11.5 Å². The maximum absolute atomic E-state index is 11.2. The van der Waals surface area contributed by atoms with Gasteiger partial charge in [0.2, 0.25) is 0 Å². The molecule has 2 rings (SSSR count). The minimum atomic E-state index is -1.18. The Morgan fingerprint density at radius 3 is 1.30 bits per heavy atom. The van der Waals surface area contributed by atoms with Crippen molar-refractivity contribution in [1.29, 1.82) is 0 Å². The lowest BCUT2D eigenvalue weighted by molar-refractivity contribution is -0.203. The van der Waals surface area contributed by atoms with Gasteiger partial charge in [0.15, 0.2) is 0 Å². The predicted molar refractivity (Wildman–Crippen MR) is 67.1 cm³/mol. The van der Waals surface area contributed by atoms with Crippen molar-refractivity contribution in [3.8, 4) is 11.5 Å². The van der Waals surface area contributed by atoms with Crippen LogP contribution in [0.1, 0.15) is 0 Å². The molecule has 20 heavy (non-hydrogen) atoms. The van der Waals surface area contributed by atoms with Crippen LogP contribution >= 0.6 is 0 Å². The van der Waals surface area contributed by atoms with E-state index in [4.69, 9.17) is 9.47 Å². The molecular weight excluding hydrogens is 264 g/mol. The lowest BCUT2D eigenvalue weighted by Crippen LogP contribution is -2.17. The maximum Gasteiger partial charge on any atom is 0.555 e. The van der Waals surface area contributed by atoms with E-state index < -0.39 is 12.3 Å². The second kappa shape index (κ2) is 6.79. The van der Waals surface area contributed by atoms with Crippen LogP contribution in [0, 0.1) is 0 Å². The average molecular weight is 274 g/mol. The highest BCUT2D eigenvalue weighted by molar-refractivity contribution is 5.67. The summed E-state index contributed by atoms with van der Waals surface area (Å²) in [5, 5.41) is 0. The summed E-state index contributed by atoms with van der Waals surface area (Å²) in [6, 6.07) is 16.4. The fraction of sp³-hybridized carbons (Fsp3) is 0. The lowest BCUT2D eigenvalue weighted by atomic mass is 10.3. The molecule has 0 atom stereocenters. The van der Waals surface area contributed by atoms with Crippen molar-refractivity contribution in [2.45, 2.75) is 0 Å². The van der Waals surface area contributed by atoms with E-state index in [1.54, 1.807) is 60.7 Å². The lowest BCUT2D eigenvalue weighted by Gasteiger charge is -2.04. The average Bonchev–Trinajstić information content (AvgIpc) is 2.47. The van der Waals surface area contributed by atoms with Gasteiger partial charge in [-0.2, -0.15) is 19.4 Å². The molecule has 6 heteroatoms. The van der Waals surface area contributed by atoms with Gasteiger partial charge in [0.05, 0.1) is 0 Å². The second-order valence-corrected chi connectivity index (χ2v) is 3.50. The number of benzene rings is 2. The molecule has 0 unspecified atom stereocenters. The summed E-state index contributed by atoms with van der Waals surface area (Å²) in [5.74, 6) is 0.523. The smallest absolute Gasteiger partial charge is 0.392 e. The number of carbonyl (C=O) groups excluding carboxylic acids is 2. The van der Waals surface area contributed by atoms with Crippen molar-refractivity contribution in [2.75, 3.05) is 0 Å². The topological polar surface area (TPSA) is 71.1 Å². The zero-order valence-electron chi connectivity index (χ0n) is 10.2. The first kappa shape index (κ1) is 13.4. The van der Waals surface area contributed by atoms with E-state index in [2.05, 4.69) is 9.78 Å². The molecule has 0 heterocycles. The summed E-state index contributed by atoms with van der Waals surface area (Å²) in [4.78, 5) is 30.7. The third kappa shape index (κ3) is 4.34. The summed E-state index contributed by atoms with van der Waals surface area (Å²) in [5.41, 5.74) is 0. The van der Waals surface area contributed by atoms with Gasteiger partial charge in [-0.25, -0.2) is 0 Å². The Labute approximate surface area is 114 Å². The highest BCUT2D eigenvalue weighted by atomic mass is 17.3. The van der Waals surface area contributed by atoms with E-state index in [0.29, 0.717) is 0 Å². The number of ether oxygens (including phenoxy) is 2. The summed E-state index contributed by atoms with van der Waals surface area (Å²) in [6.45, 7) is 0. The molecule has 2 aromatic rings. The molecule has 6 nitrogen and oxygen atoms in total. The summed E-state index contributed by atoms with van der Waals surface area (Å²) >= 11 is 0. The van der Waals surface area contributed by atoms with Gasteiger partial charge >= 0.3 is 12.3 Å². The van der Waals surface area contributed by atoms with Crippen molar-refractivity contribution in [2.24, 2.45) is 0 Å². The molecule has 2 aromatic carbocycles. The molecule has 0 bridgehead atoms. The van der Waals surface area contributed by atoms with Crippen LogP contribution in [0.3, 0.4) is 0 Å². The Morgan fingerprint density at radius 2 is 0.950 bits per heavy atom. The quantitative estimate of drug-likeness (QED) is 0.362. The Morgan fingerprint density at radius 1 is 0.600 bits per heavy atom. The van der Waals surface area contributed by atoms with Crippen LogP contribution in [0.2, 0.25) is 0 Å². The highest BCUT2D eigenvalue weighted by Crippen LogP contribution is 2.11. The third-order valence-corrected chi connectivity index (χ3v) is 2.07. The molecule has 0 amide bonds. The molecule has 0 aromatic heterocycles. The molecule has 0 fully saturated rings. The predicted octanol–water partition coefficient (Wildman–Crippen LogP) is 3.33. The van der Waals surface area contributed by atoms with E-state index in [1.807, 2.05) is 0 Å². The molecule has 0 saturated carbocycles. The molecule has 0 spiro atoms. The number of carbonyl (C=O) groups is 2. The van der Waals surface area contributed by atoms with Crippen molar-refractivity contribution in [3.05, 3.63) is 60.7 Å². The second-order valence-electron chi connectivity index (χ2n) is 3.50.